The van der Waals surface area contributed by atoms with Crippen LogP contribution in [0, 0.1) is 5.92 Å². The van der Waals surface area contributed by atoms with Crippen molar-refractivity contribution in [2.45, 2.75) is 202 Å². The number of unbranched alkanes of at least 4 members (excludes halogenated alkanes) is 1. The number of H-pyrrole nitrogens is 1. The number of guanidine groups is 3. The first-order valence-electron chi connectivity index (χ1n) is 37.8. The van der Waals surface area contributed by atoms with Gasteiger partial charge in [-0.25, -0.2) is 4.79 Å². The molecule has 0 bridgehead atoms. The molecule has 638 valence electrons. The van der Waals surface area contributed by atoms with E-state index in [4.69, 9.17) is 63.1 Å². The van der Waals surface area contributed by atoms with Gasteiger partial charge < -0.3 is 132 Å². The van der Waals surface area contributed by atoms with Gasteiger partial charge in [-0.05, 0) is 138 Å². The number of carboxylic acid groups (broad SMARTS) is 1. The lowest BCUT2D eigenvalue weighted by atomic mass is 10.0. The number of nitrogens with zero attached hydrogens (tertiary/aromatic N) is 3. The average Bonchev–Trinajstić information content (AvgIpc) is 1.71. The fourth-order valence-electron chi connectivity index (χ4n) is 11.7. The van der Waals surface area contributed by atoms with Crippen molar-refractivity contribution in [1.29, 1.82) is 0 Å². The molecule has 0 spiro atoms. The number of aromatic nitrogens is 1. The number of nitrogens with one attached hydrogen (secondary N) is 12. The van der Waals surface area contributed by atoms with Gasteiger partial charge in [0.25, 0.3) is 0 Å². The number of rotatable bonds is 57. The summed E-state index contributed by atoms with van der Waals surface area (Å²) in [5.41, 5.74) is 63.9. The van der Waals surface area contributed by atoms with Crippen molar-refractivity contribution >= 4 is 136 Å². The molecule has 13 amide bonds. The summed E-state index contributed by atoms with van der Waals surface area (Å²) < 4.78 is 0. The molecule has 12 atom stereocenters. The second-order valence-electron chi connectivity index (χ2n) is 27.6. The Balaban J connectivity index is 2.07. The third kappa shape index (κ3) is 37.6. The zero-order valence-corrected chi connectivity index (χ0v) is 66.9. The van der Waals surface area contributed by atoms with Crippen LogP contribution in [0.2, 0.25) is 0 Å². The predicted molar refractivity (Wildman–Crippen MR) is 438 cm³/mol. The van der Waals surface area contributed by atoms with E-state index < -0.39 is 187 Å². The minimum atomic E-state index is -1.73. The molecule has 115 heavy (non-hydrogen) atoms. The Kier molecular flexibility index (Phi) is 45.3. The maximum Gasteiger partial charge on any atom is 0.326 e. The van der Waals surface area contributed by atoms with Crippen LogP contribution in [0.25, 0.3) is 10.9 Å². The topological polar surface area (TPSA) is 731 Å². The summed E-state index contributed by atoms with van der Waals surface area (Å²) in [6.07, 6.45) is 1.33. The molecule has 1 heterocycles. The third-order valence-corrected chi connectivity index (χ3v) is 19.0. The Morgan fingerprint density at radius 1 is 0.426 bits per heavy atom. The van der Waals surface area contributed by atoms with Crippen molar-refractivity contribution in [3.05, 3.63) is 71.9 Å². The average molecular weight is 1650 g/mol. The van der Waals surface area contributed by atoms with Crippen molar-refractivity contribution in [1.82, 2.24) is 63.5 Å². The summed E-state index contributed by atoms with van der Waals surface area (Å²) in [6, 6.07) is -2.05. The van der Waals surface area contributed by atoms with E-state index in [0.29, 0.717) is 34.9 Å². The molecule has 0 aliphatic carbocycles. The van der Waals surface area contributed by atoms with Gasteiger partial charge in [0.15, 0.2) is 17.9 Å². The summed E-state index contributed by atoms with van der Waals surface area (Å²) in [5.74, 6) is -14.6. The standard InChI is InChI=1S/C72H118N26O15S2/c1-39(2)57(68(111)95-52(69(112)113)23-14-33-86-72(82)83)98-65(108)45(19-9-10-29-73)88-60(103)48(22-13-32-85-71(80)81)91-64(107)51(28-34-115-3)94-59(102)46(20-11-30-74)89-61(104)47(21-12-31-84-70(78)79)90-62(105)49(24-26-55(76)99)93-67(110)54(36-41-37-87-44-18-8-7-17-42(41)44)97-63(106)50(25-27-56(77)100)92-66(109)53(96-58(101)43(75)38-114)35-40-15-5-4-6-16-40/h4-8,15-18,37,39,43,45-54,57,87,114H,9-14,19-36,38,73-75H2,1-3H3,(H2,76,99)(H2,77,100)(H,88,103)(H,89,104)(H,90,105)(H,91,107)(H,92,109)(H,93,110)(H,94,102)(H,95,111)(H,96,101)(H,97,106)(H,98,108)(H,112,113)(H4,78,79,84)(H4,80,81,85)(H4,82,83,86)/t43-,45-,46-,47-,48-,49-,50-,51-,52-,53-,54-,57-/m0/s1. The second kappa shape index (κ2) is 53.1. The zero-order valence-electron chi connectivity index (χ0n) is 65.2. The molecule has 43 heteroatoms. The number of nitrogens with two attached hydrogens (primary N) is 11. The van der Waals surface area contributed by atoms with Gasteiger partial charge >= 0.3 is 5.97 Å². The number of aliphatic imine (C=N–C) groups is 3. The number of benzene rings is 2. The Morgan fingerprint density at radius 2 is 0.783 bits per heavy atom. The Labute approximate surface area is 676 Å². The van der Waals surface area contributed by atoms with Crippen LogP contribution in [-0.4, -0.2) is 234 Å². The molecule has 3 rings (SSSR count). The summed E-state index contributed by atoms with van der Waals surface area (Å²) in [7, 11) is 0. The molecular weight excluding hydrogens is 1530 g/mol. The van der Waals surface area contributed by atoms with Crippen molar-refractivity contribution in [2.24, 2.45) is 84.0 Å². The van der Waals surface area contributed by atoms with Gasteiger partial charge in [-0.2, -0.15) is 24.4 Å². The molecule has 0 aliphatic heterocycles. The Morgan fingerprint density at radius 3 is 1.19 bits per heavy atom. The second-order valence-corrected chi connectivity index (χ2v) is 28.9. The minimum absolute atomic E-state index is 0.00520. The molecule has 0 fully saturated rings. The van der Waals surface area contributed by atoms with E-state index in [-0.39, 0.29) is 139 Å². The number of hydrogen-bond donors (Lipinski definition) is 25. The van der Waals surface area contributed by atoms with E-state index in [0.717, 1.165) is 0 Å². The van der Waals surface area contributed by atoms with Gasteiger partial charge in [-0.3, -0.25) is 77.3 Å². The lowest BCUT2D eigenvalue weighted by Gasteiger charge is -2.29. The van der Waals surface area contributed by atoms with Gasteiger partial charge in [0, 0.05) is 68.2 Å². The van der Waals surface area contributed by atoms with Crippen LogP contribution in [0.1, 0.15) is 128 Å². The number of aromatic amines is 1. The monoisotopic (exact) mass is 1650 g/mol. The van der Waals surface area contributed by atoms with Crippen LogP contribution in [0.4, 0.5) is 0 Å². The van der Waals surface area contributed by atoms with E-state index in [9.17, 15) is 67.4 Å². The summed E-state index contributed by atoms with van der Waals surface area (Å²) in [4.78, 5) is 211. The van der Waals surface area contributed by atoms with Crippen LogP contribution < -0.4 is 122 Å². The number of carbonyl (C=O) groups is 14. The zero-order chi connectivity index (χ0) is 85.7. The smallest absolute Gasteiger partial charge is 0.326 e. The van der Waals surface area contributed by atoms with E-state index in [1.165, 1.54) is 11.8 Å². The summed E-state index contributed by atoms with van der Waals surface area (Å²) in [5, 5.41) is 39.4. The first kappa shape index (κ1) is 98.1. The van der Waals surface area contributed by atoms with Gasteiger partial charge in [-0.15, -0.1) is 0 Å². The number of carboxylic acids is 1. The molecule has 1 aromatic heterocycles. The molecular formula is C72H118N26O15S2. The molecule has 0 saturated heterocycles. The lowest BCUT2D eigenvalue weighted by molar-refractivity contribution is -0.143. The highest BCUT2D eigenvalue weighted by Crippen LogP contribution is 2.21. The molecule has 0 radical (unpaired) electrons. The summed E-state index contributed by atoms with van der Waals surface area (Å²) in [6.45, 7) is 3.37. The van der Waals surface area contributed by atoms with Crippen LogP contribution in [0.5, 0.6) is 0 Å². The lowest BCUT2D eigenvalue weighted by Crippen LogP contribution is -2.61. The number of carbonyl (C=O) groups excluding carboxylic acids is 13. The van der Waals surface area contributed by atoms with E-state index in [1.807, 2.05) is 0 Å². The SMILES string of the molecule is CSCC[C@H](NC(=O)[C@H](CCCN)NC(=O)[C@H](CCCN=C(N)N)NC(=O)[C@H](CCC(N)=O)NC(=O)[C@H](Cc1c[nH]c2ccccc12)NC(=O)[C@H](CCC(N)=O)NC(=O)[C@H](Cc1ccccc1)NC(=O)[C@@H](N)CS)C(=O)N[C@@H](CCCN=C(N)N)C(=O)N[C@@H](CCCCN)C(=O)N[C@H](C(=O)N[C@@H](CCCN=C(N)N)C(=O)O)C(C)C. The normalized spacial score (nSPS) is 14.2. The first-order chi connectivity index (χ1) is 54.6. The Bertz CT molecular complexity index is 3780. The van der Waals surface area contributed by atoms with E-state index >= 15 is 4.79 Å². The predicted octanol–water partition coefficient (Wildman–Crippen LogP) is -6.40. The molecule has 0 unspecified atom stereocenters. The highest BCUT2D eigenvalue weighted by atomic mass is 32.2. The molecule has 35 N–H and O–H groups in total. The van der Waals surface area contributed by atoms with Crippen LogP contribution in [0.15, 0.2) is 75.8 Å². The highest BCUT2D eigenvalue weighted by Gasteiger charge is 2.38. The molecule has 0 aliphatic rings. The van der Waals surface area contributed by atoms with Crippen molar-refractivity contribution in [3.8, 4) is 0 Å². The maximum atomic E-state index is 15.0. The number of thioether (sulfide) groups is 1. The van der Waals surface area contributed by atoms with Gasteiger partial charge in [0.2, 0.25) is 76.8 Å². The highest BCUT2D eigenvalue weighted by molar-refractivity contribution is 7.98. The van der Waals surface area contributed by atoms with Crippen molar-refractivity contribution in [2.75, 3.05) is 50.5 Å². The molecule has 3 aromatic rings. The van der Waals surface area contributed by atoms with Gasteiger partial charge in [0.1, 0.15) is 66.5 Å². The number of aliphatic carboxylic acids is 1. The van der Waals surface area contributed by atoms with E-state index in [2.05, 4.69) is 91.1 Å². The van der Waals surface area contributed by atoms with Crippen LogP contribution in [0.3, 0.4) is 0 Å². The third-order valence-electron chi connectivity index (χ3n) is 17.9. The minimum Gasteiger partial charge on any atom is -0.480 e. The molecule has 41 nitrogen and oxygen atoms in total. The Hall–Kier alpha value is -11.0. The maximum absolute atomic E-state index is 15.0. The fraction of sp³-hybridized carbons (Fsp3) is 0.569. The number of primary amides is 2. The number of para-hydroxylation sites is 1. The molecule has 0 saturated carbocycles. The molecule has 2 aromatic carbocycles. The van der Waals surface area contributed by atoms with Crippen LogP contribution >= 0.6 is 24.4 Å². The number of hydrogen-bond acceptors (Lipinski definition) is 22. The quantitative estimate of drug-likeness (QED) is 0.0108. The summed E-state index contributed by atoms with van der Waals surface area (Å²) >= 11 is 5.40. The van der Waals surface area contributed by atoms with Gasteiger partial charge in [-0.1, -0.05) is 62.4 Å². The fourth-order valence-corrected chi connectivity index (χ4v) is 12.3. The largest absolute Gasteiger partial charge is 0.480 e. The van der Waals surface area contributed by atoms with Crippen LogP contribution in [-0.2, 0) is 80.0 Å². The van der Waals surface area contributed by atoms with Crippen molar-refractivity contribution in [3.63, 3.8) is 0 Å². The number of thiol groups is 1. The van der Waals surface area contributed by atoms with E-state index in [1.54, 1.807) is 80.9 Å². The van der Waals surface area contributed by atoms with Crippen molar-refractivity contribution < 1.29 is 72.2 Å². The van der Waals surface area contributed by atoms with Gasteiger partial charge in [0.05, 0.1) is 6.04 Å². The first-order valence-corrected chi connectivity index (χ1v) is 39.8. The number of fused-ring (bicyclic) bond motifs is 1. The number of amides is 13.